The van der Waals surface area contributed by atoms with Gasteiger partial charge in [-0.05, 0) is 111 Å². The summed E-state index contributed by atoms with van der Waals surface area (Å²) in [6, 6.07) is 2.38. The Morgan fingerprint density at radius 2 is 1.35 bits per heavy atom. The van der Waals surface area contributed by atoms with Crippen molar-refractivity contribution in [2.24, 2.45) is 29.6 Å². The van der Waals surface area contributed by atoms with Crippen LogP contribution in [0.5, 0.6) is 5.75 Å². The van der Waals surface area contributed by atoms with E-state index in [-0.39, 0.29) is 5.92 Å². The van der Waals surface area contributed by atoms with E-state index in [1.165, 1.54) is 82.8 Å². The van der Waals surface area contributed by atoms with Gasteiger partial charge in [-0.3, -0.25) is 0 Å². The van der Waals surface area contributed by atoms with Gasteiger partial charge in [0.1, 0.15) is 0 Å². The molecule has 0 aromatic heterocycles. The fraction of sp³-hybridized carbons (Fsp3) is 0.793. The Morgan fingerprint density at radius 3 is 2.00 bits per heavy atom. The van der Waals surface area contributed by atoms with Crippen LogP contribution in [0.1, 0.15) is 115 Å². The normalized spacial score (nSPS) is 31.9. The van der Waals surface area contributed by atoms with Crippen molar-refractivity contribution in [2.75, 3.05) is 0 Å². The summed E-state index contributed by atoms with van der Waals surface area (Å²) in [6.45, 7) is -0.956. The Balaban J connectivity index is 1.24. The van der Waals surface area contributed by atoms with Gasteiger partial charge in [0.05, 0.1) is 0 Å². The lowest BCUT2D eigenvalue weighted by atomic mass is 9.60. The Morgan fingerprint density at radius 1 is 0.765 bits per heavy atom. The van der Waals surface area contributed by atoms with Gasteiger partial charge in [0.25, 0.3) is 0 Å². The first-order valence-corrected chi connectivity index (χ1v) is 13.9. The van der Waals surface area contributed by atoms with Crippen LogP contribution in [0.15, 0.2) is 12.1 Å². The largest absolute Gasteiger partial charge is 0.429 e. The highest BCUT2D eigenvalue weighted by Crippen LogP contribution is 2.50. The first-order chi connectivity index (χ1) is 16.4. The lowest BCUT2D eigenvalue weighted by Crippen LogP contribution is -2.34. The van der Waals surface area contributed by atoms with Gasteiger partial charge >= 0.3 is 6.61 Å². The summed E-state index contributed by atoms with van der Waals surface area (Å²) in [5.74, 6) is 1.40. The molecule has 34 heavy (non-hydrogen) atoms. The standard InChI is InChI=1S/C29H42F4O/c1-2-3-4-5-6-19-7-8-24-16-23(14-13-22(24)15-19)20-9-11-21(12-10-20)25-17-26(30)28(27(31)18-25)34-29(32)33/h17-24,29H,2-16H2,1H3. The zero-order valence-electron chi connectivity index (χ0n) is 20.7. The lowest BCUT2D eigenvalue weighted by molar-refractivity contribution is -0.0546. The zero-order chi connectivity index (χ0) is 24.1. The molecule has 5 heteroatoms. The number of unbranched alkanes of at least 4 members (excludes halogenated alkanes) is 3. The third kappa shape index (κ3) is 6.49. The van der Waals surface area contributed by atoms with Crippen LogP contribution in [0.25, 0.3) is 0 Å². The minimum atomic E-state index is -3.23. The number of fused-ring (bicyclic) bond motifs is 1. The molecule has 0 radical (unpaired) electrons. The third-order valence-corrected chi connectivity index (χ3v) is 9.37. The Labute approximate surface area is 203 Å². The van der Waals surface area contributed by atoms with Crippen molar-refractivity contribution in [3.8, 4) is 5.75 Å². The fourth-order valence-electron chi connectivity index (χ4n) is 7.51. The maximum Gasteiger partial charge on any atom is 0.387 e. The number of hydrogen-bond donors (Lipinski definition) is 0. The summed E-state index contributed by atoms with van der Waals surface area (Å²) >= 11 is 0. The van der Waals surface area contributed by atoms with E-state index >= 15 is 0 Å². The fourth-order valence-corrected chi connectivity index (χ4v) is 7.51. The van der Waals surface area contributed by atoms with Gasteiger partial charge in [-0.2, -0.15) is 8.78 Å². The van der Waals surface area contributed by atoms with E-state index in [0.29, 0.717) is 5.56 Å². The number of rotatable bonds is 9. The van der Waals surface area contributed by atoms with Crippen LogP contribution in [0, 0.1) is 41.2 Å². The van der Waals surface area contributed by atoms with E-state index in [2.05, 4.69) is 11.7 Å². The summed E-state index contributed by atoms with van der Waals surface area (Å²) < 4.78 is 57.2. The second-order valence-corrected chi connectivity index (χ2v) is 11.4. The van der Waals surface area contributed by atoms with Crippen molar-refractivity contribution < 1.29 is 22.3 Å². The number of halogens is 4. The van der Waals surface area contributed by atoms with Gasteiger partial charge in [0.15, 0.2) is 17.4 Å². The van der Waals surface area contributed by atoms with E-state index in [9.17, 15) is 17.6 Å². The summed E-state index contributed by atoms with van der Waals surface area (Å²) in [5.41, 5.74) is 0.580. The minimum absolute atomic E-state index is 0.0975. The number of ether oxygens (including phenoxy) is 1. The first kappa shape index (κ1) is 25.8. The molecule has 4 unspecified atom stereocenters. The highest BCUT2D eigenvalue weighted by molar-refractivity contribution is 5.33. The molecule has 0 aliphatic heterocycles. The van der Waals surface area contributed by atoms with Crippen molar-refractivity contribution in [1.29, 1.82) is 0 Å². The van der Waals surface area contributed by atoms with E-state index in [1.54, 1.807) is 0 Å². The molecule has 0 N–H and O–H groups in total. The van der Waals surface area contributed by atoms with Crippen LogP contribution >= 0.6 is 0 Å². The lowest BCUT2D eigenvalue weighted by Gasteiger charge is -2.45. The van der Waals surface area contributed by atoms with Crippen LogP contribution in [0.2, 0.25) is 0 Å². The molecule has 3 saturated carbocycles. The van der Waals surface area contributed by atoms with Gasteiger partial charge in [-0.15, -0.1) is 0 Å². The summed E-state index contributed by atoms with van der Waals surface area (Å²) in [6.07, 6.45) is 19.4. The van der Waals surface area contributed by atoms with Gasteiger partial charge in [-0.1, -0.05) is 45.4 Å². The molecule has 4 rings (SSSR count). The van der Waals surface area contributed by atoms with Crippen molar-refractivity contribution in [3.63, 3.8) is 0 Å². The van der Waals surface area contributed by atoms with Gasteiger partial charge in [-0.25, -0.2) is 8.78 Å². The van der Waals surface area contributed by atoms with Crippen LogP contribution in [0.4, 0.5) is 17.6 Å². The molecule has 3 fully saturated rings. The molecule has 1 aromatic rings. The molecule has 192 valence electrons. The molecule has 1 nitrogen and oxygen atoms in total. The molecule has 0 amide bonds. The second-order valence-electron chi connectivity index (χ2n) is 11.4. The SMILES string of the molecule is CCCCCCC1CCC2CC(C3CCC(c4cc(F)c(OC(F)F)c(F)c4)CC3)CCC2C1. The van der Waals surface area contributed by atoms with Crippen LogP contribution in [-0.4, -0.2) is 6.61 Å². The van der Waals surface area contributed by atoms with Crippen LogP contribution < -0.4 is 4.74 Å². The Bertz CT molecular complexity index is 750. The smallest absolute Gasteiger partial charge is 0.387 e. The predicted octanol–water partition coefficient (Wildman–Crippen LogP) is 9.64. The highest BCUT2D eigenvalue weighted by atomic mass is 19.3. The average Bonchev–Trinajstić information content (AvgIpc) is 2.83. The second kappa shape index (κ2) is 12.1. The minimum Gasteiger partial charge on any atom is -0.429 e. The Hall–Kier alpha value is -1.26. The quantitative estimate of drug-likeness (QED) is 0.251. The monoisotopic (exact) mass is 482 g/mol. The molecular formula is C29H42F4O. The summed E-state index contributed by atoms with van der Waals surface area (Å²) in [5, 5.41) is 0. The number of benzene rings is 1. The van der Waals surface area contributed by atoms with E-state index < -0.39 is 24.0 Å². The van der Waals surface area contributed by atoms with Crippen molar-refractivity contribution in [2.45, 2.75) is 116 Å². The molecule has 0 heterocycles. The first-order valence-electron chi connectivity index (χ1n) is 13.9. The van der Waals surface area contributed by atoms with Gasteiger partial charge < -0.3 is 4.74 Å². The Kier molecular flexibility index (Phi) is 9.21. The van der Waals surface area contributed by atoms with E-state index in [0.717, 1.165) is 55.3 Å². The van der Waals surface area contributed by atoms with Crippen molar-refractivity contribution >= 4 is 0 Å². The topological polar surface area (TPSA) is 9.23 Å². The third-order valence-electron chi connectivity index (χ3n) is 9.37. The molecule has 4 atom stereocenters. The predicted molar refractivity (Wildman–Crippen MR) is 128 cm³/mol. The zero-order valence-corrected chi connectivity index (χ0v) is 20.7. The number of alkyl halides is 2. The van der Waals surface area contributed by atoms with Crippen molar-refractivity contribution in [3.05, 3.63) is 29.3 Å². The highest BCUT2D eigenvalue weighted by Gasteiger charge is 2.39. The molecule has 0 bridgehead atoms. The molecule has 0 saturated heterocycles. The van der Waals surface area contributed by atoms with E-state index in [1.807, 2.05) is 0 Å². The van der Waals surface area contributed by atoms with Crippen LogP contribution in [-0.2, 0) is 0 Å². The van der Waals surface area contributed by atoms with Gasteiger partial charge in [0.2, 0.25) is 0 Å². The van der Waals surface area contributed by atoms with Crippen molar-refractivity contribution in [1.82, 2.24) is 0 Å². The summed E-state index contributed by atoms with van der Waals surface area (Å²) in [7, 11) is 0. The molecule has 3 aliphatic carbocycles. The molecular weight excluding hydrogens is 440 g/mol. The maximum atomic E-state index is 14.2. The molecule has 0 spiro atoms. The number of hydrogen-bond acceptors (Lipinski definition) is 1. The maximum absolute atomic E-state index is 14.2. The van der Waals surface area contributed by atoms with E-state index in [4.69, 9.17) is 0 Å². The summed E-state index contributed by atoms with van der Waals surface area (Å²) in [4.78, 5) is 0. The molecule has 1 aromatic carbocycles. The van der Waals surface area contributed by atoms with Crippen LogP contribution in [0.3, 0.4) is 0 Å². The average molecular weight is 483 g/mol. The van der Waals surface area contributed by atoms with Gasteiger partial charge in [0, 0.05) is 0 Å². The molecule has 3 aliphatic rings.